The summed E-state index contributed by atoms with van der Waals surface area (Å²) >= 11 is 0. The van der Waals surface area contributed by atoms with Crippen LogP contribution in [0, 0.1) is 0 Å². The quantitative estimate of drug-likeness (QED) is 0.559. The molecule has 0 fully saturated rings. The smallest absolute Gasteiger partial charge is 0.211 e. The zero-order valence-electron chi connectivity index (χ0n) is 21.9. The van der Waals surface area contributed by atoms with Gasteiger partial charge >= 0.3 is 0 Å². The van der Waals surface area contributed by atoms with E-state index in [-0.39, 0.29) is 10.8 Å². The Balaban J connectivity index is 2.26. The lowest BCUT2D eigenvalue weighted by molar-refractivity contribution is 0.369. The van der Waals surface area contributed by atoms with Crippen LogP contribution in [-0.4, -0.2) is 45.4 Å². The van der Waals surface area contributed by atoms with Crippen LogP contribution in [0.2, 0.25) is 13.1 Å². The largest absolute Gasteiger partial charge is 0.507 e. The molecule has 33 heavy (non-hydrogen) atoms. The fraction of sp³-hybridized carbons (Fsp3) is 0.538. The minimum absolute atomic E-state index is 0.203. The molecule has 0 aliphatic heterocycles. The standard InChI is InChI=1S/C26H41NO4SSi/c1-25(2,3)22-15-20(16-23(24(22)28)26(4,5)6)31-18-33(9,10)21-13-11-19(12-14-21)17-27(7)32(8,29)30/h11-16,28H,17-18H2,1-10H3. The van der Waals surface area contributed by atoms with E-state index in [0.717, 1.165) is 22.4 Å². The zero-order chi connectivity index (χ0) is 25.4. The number of sulfonamides is 1. The second kappa shape index (κ2) is 9.43. The Kier molecular flexibility index (Phi) is 7.83. The van der Waals surface area contributed by atoms with E-state index in [1.54, 1.807) is 7.05 Å². The summed E-state index contributed by atoms with van der Waals surface area (Å²) in [6.07, 6.45) is 1.82. The van der Waals surface area contributed by atoms with E-state index in [2.05, 4.69) is 66.8 Å². The third kappa shape index (κ3) is 7.07. The summed E-state index contributed by atoms with van der Waals surface area (Å²) in [5.74, 6) is 1.14. The number of benzene rings is 2. The predicted octanol–water partition coefficient (Wildman–Crippen LogP) is 4.91. The molecule has 1 N–H and O–H groups in total. The fourth-order valence-corrected chi connectivity index (χ4v) is 5.76. The first kappa shape index (κ1) is 27.4. The van der Waals surface area contributed by atoms with Gasteiger partial charge in [0, 0.05) is 24.7 Å². The normalized spacial score (nSPS) is 13.4. The second-order valence-corrected chi connectivity index (χ2v) is 18.5. The van der Waals surface area contributed by atoms with Gasteiger partial charge in [0.25, 0.3) is 0 Å². The van der Waals surface area contributed by atoms with E-state index in [0.29, 0.717) is 18.5 Å². The van der Waals surface area contributed by atoms with Crippen LogP contribution >= 0.6 is 0 Å². The second-order valence-electron chi connectivity index (χ2n) is 11.8. The van der Waals surface area contributed by atoms with Gasteiger partial charge in [0.05, 0.1) is 12.5 Å². The third-order valence-electron chi connectivity index (χ3n) is 6.01. The van der Waals surface area contributed by atoms with Crippen LogP contribution in [0.1, 0.15) is 58.2 Å². The number of hydrogen-bond donors (Lipinski definition) is 1. The Morgan fingerprint density at radius 1 is 0.939 bits per heavy atom. The van der Waals surface area contributed by atoms with Gasteiger partial charge in [0.2, 0.25) is 10.0 Å². The predicted molar refractivity (Wildman–Crippen MR) is 141 cm³/mol. The van der Waals surface area contributed by atoms with Gasteiger partial charge in [-0.2, -0.15) is 0 Å². The first-order valence-corrected chi connectivity index (χ1v) is 16.4. The molecule has 2 aromatic rings. The summed E-state index contributed by atoms with van der Waals surface area (Å²) in [6.45, 7) is 17.5. The summed E-state index contributed by atoms with van der Waals surface area (Å²) in [5.41, 5.74) is 2.34. The van der Waals surface area contributed by atoms with Crippen LogP contribution in [0.3, 0.4) is 0 Å². The maximum Gasteiger partial charge on any atom is 0.211 e. The average Bonchev–Trinajstić information content (AvgIpc) is 2.65. The lowest BCUT2D eigenvalue weighted by Gasteiger charge is -2.29. The first-order chi connectivity index (χ1) is 14.8. The lowest BCUT2D eigenvalue weighted by Crippen LogP contribution is -2.47. The van der Waals surface area contributed by atoms with Crippen LogP contribution < -0.4 is 9.92 Å². The Morgan fingerprint density at radius 3 is 1.79 bits per heavy atom. The van der Waals surface area contributed by atoms with Gasteiger partial charge < -0.3 is 9.84 Å². The van der Waals surface area contributed by atoms with Crippen LogP contribution in [0.15, 0.2) is 36.4 Å². The summed E-state index contributed by atoms with van der Waals surface area (Å²) in [5, 5.41) is 12.2. The number of hydrogen-bond acceptors (Lipinski definition) is 4. The van der Waals surface area contributed by atoms with E-state index in [1.165, 1.54) is 15.7 Å². The highest BCUT2D eigenvalue weighted by Crippen LogP contribution is 2.41. The van der Waals surface area contributed by atoms with Gasteiger partial charge in [0.15, 0.2) is 0 Å². The molecule has 0 aliphatic carbocycles. The molecule has 0 unspecified atom stereocenters. The Morgan fingerprint density at radius 2 is 1.39 bits per heavy atom. The topological polar surface area (TPSA) is 66.8 Å². The summed E-state index contributed by atoms with van der Waals surface area (Å²) < 4.78 is 31.0. The van der Waals surface area contributed by atoms with Crippen LogP contribution in [0.5, 0.6) is 11.5 Å². The van der Waals surface area contributed by atoms with Crippen molar-refractivity contribution in [1.29, 1.82) is 0 Å². The highest BCUT2D eigenvalue weighted by Gasteiger charge is 2.29. The molecule has 0 atom stereocenters. The molecule has 2 aromatic carbocycles. The number of phenols is 1. The minimum atomic E-state index is -3.21. The van der Waals surface area contributed by atoms with Gasteiger partial charge in [-0.15, -0.1) is 0 Å². The summed E-state index contributed by atoms with van der Waals surface area (Å²) in [6, 6.07) is 12.1. The highest BCUT2D eigenvalue weighted by atomic mass is 32.2. The van der Waals surface area contributed by atoms with Gasteiger partial charge in [-0.3, -0.25) is 0 Å². The van der Waals surface area contributed by atoms with Crippen molar-refractivity contribution in [2.45, 2.75) is 72.0 Å². The molecular formula is C26H41NO4SSi. The van der Waals surface area contributed by atoms with E-state index in [4.69, 9.17) is 4.74 Å². The molecule has 0 aliphatic rings. The maximum absolute atomic E-state index is 11.7. The molecule has 0 spiro atoms. The number of aromatic hydroxyl groups is 1. The minimum Gasteiger partial charge on any atom is -0.507 e. The summed E-state index contributed by atoms with van der Waals surface area (Å²) in [4.78, 5) is 0. The molecule has 7 heteroatoms. The Bertz CT molecular complexity index is 1040. The first-order valence-electron chi connectivity index (χ1n) is 11.3. The Hall–Kier alpha value is -1.83. The van der Waals surface area contributed by atoms with Gasteiger partial charge in [-0.25, -0.2) is 12.7 Å². The zero-order valence-corrected chi connectivity index (χ0v) is 23.7. The molecule has 0 saturated carbocycles. The van der Waals surface area contributed by atoms with E-state index in [1.807, 2.05) is 24.3 Å². The van der Waals surface area contributed by atoms with Crippen molar-refractivity contribution in [2.24, 2.45) is 0 Å². The third-order valence-corrected chi connectivity index (χ3v) is 10.0. The molecule has 2 rings (SSSR count). The molecule has 0 radical (unpaired) electrons. The van der Waals surface area contributed by atoms with E-state index < -0.39 is 18.1 Å². The van der Waals surface area contributed by atoms with Crippen molar-refractivity contribution in [3.05, 3.63) is 53.1 Å². The number of nitrogens with zero attached hydrogens (tertiary/aromatic N) is 1. The van der Waals surface area contributed by atoms with Gasteiger partial charge in [-0.05, 0) is 28.5 Å². The Labute approximate surface area is 201 Å². The molecule has 0 saturated heterocycles. The number of rotatable bonds is 7. The van der Waals surface area contributed by atoms with Gasteiger partial charge in [-0.1, -0.05) is 84.1 Å². The lowest BCUT2D eigenvalue weighted by atomic mass is 9.79. The average molecular weight is 492 g/mol. The molecule has 0 heterocycles. The SMILES string of the molecule is CN(Cc1ccc([Si](C)(C)COc2cc(C(C)(C)C)c(O)c(C(C)(C)C)c2)cc1)S(C)(=O)=O. The van der Waals surface area contributed by atoms with Crippen molar-refractivity contribution >= 4 is 23.3 Å². The molecule has 0 bridgehead atoms. The number of ether oxygens (including phenoxy) is 1. The monoisotopic (exact) mass is 491 g/mol. The van der Waals surface area contributed by atoms with Crippen molar-refractivity contribution in [2.75, 3.05) is 19.5 Å². The molecule has 0 aromatic heterocycles. The van der Waals surface area contributed by atoms with Gasteiger partial charge in [0.1, 0.15) is 19.6 Å². The van der Waals surface area contributed by atoms with Crippen molar-refractivity contribution in [3.8, 4) is 11.5 Å². The summed E-state index contributed by atoms with van der Waals surface area (Å²) in [7, 11) is -3.54. The molecule has 184 valence electrons. The van der Waals surface area contributed by atoms with Crippen LogP contribution in [0.4, 0.5) is 0 Å². The van der Waals surface area contributed by atoms with Crippen LogP contribution in [-0.2, 0) is 27.4 Å². The molecule has 0 amide bonds. The highest BCUT2D eigenvalue weighted by molar-refractivity contribution is 7.88. The van der Waals surface area contributed by atoms with E-state index in [9.17, 15) is 13.5 Å². The molecular weight excluding hydrogens is 450 g/mol. The number of phenolic OH excluding ortho intramolecular Hbond substituents is 1. The molecule has 5 nitrogen and oxygen atoms in total. The fourth-order valence-electron chi connectivity index (χ4n) is 3.62. The van der Waals surface area contributed by atoms with Crippen molar-refractivity contribution in [1.82, 2.24) is 4.31 Å². The van der Waals surface area contributed by atoms with Crippen molar-refractivity contribution < 1.29 is 18.3 Å². The van der Waals surface area contributed by atoms with Crippen LogP contribution in [0.25, 0.3) is 0 Å². The van der Waals surface area contributed by atoms with Crippen molar-refractivity contribution in [3.63, 3.8) is 0 Å². The van der Waals surface area contributed by atoms with E-state index >= 15 is 0 Å². The maximum atomic E-state index is 11.7.